The molecule has 3 aromatic carbocycles. The summed E-state index contributed by atoms with van der Waals surface area (Å²) in [5.74, 6) is -0.659. The van der Waals surface area contributed by atoms with Crippen LogP contribution in [0.25, 0.3) is 0 Å². The second kappa shape index (κ2) is 17.2. The Hall–Kier alpha value is -3.38. The van der Waals surface area contributed by atoms with Crippen LogP contribution in [0, 0.1) is 11.3 Å². The number of thioether (sulfide) groups is 1. The maximum absolute atomic E-state index is 13.8. The lowest BCUT2D eigenvalue weighted by molar-refractivity contribution is -0.134. The number of likely N-dealkylation sites (N-methyl/N-ethyl adjacent to an activating group) is 1. The molecule has 44 heavy (non-hydrogen) atoms. The number of hydrogen-bond donors (Lipinski definition) is 2. The van der Waals surface area contributed by atoms with Crippen molar-refractivity contribution in [3.63, 3.8) is 0 Å². The fourth-order valence-electron chi connectivity index (χ4n) is 5.69. The molecule has 0 aliphatic heterocycles. The minimum atomic E-state index is -0.686. The van der Waals surface area contributed by atoms with Gasteiger partial charge >= 0.3 is 0 Å². The maximum atomic E-state index is 13.8. The molecule has 0 radical (unpaired) electrons. The molecule has 0 saturated carbocycles. The minimum Gasteiger partial charge on any atom is -0.357 e. The quantitative estimate of drug-likeness (QED) is 0.120. The summed E-state index contributed by atoms with van der Waals surface area (Å²) in [4.78, 5) is 40.2. The van der Waals surface area contributed by atoms with Gasteiger partial charge in [-0.15, -0.1) is 11.8 Å². The Morgan fingerprint density at radius 2 is 1.18 bits per heavy atom. The maximum Gasteiger partial charge on any atom is 0.242 e. The van der Waals surface area contributed by atoms with Gasteiger partial charge in [-0.2, -0.15) is 0 Å². The van der Waals surface area contributed by atoms with Gasteiger partial charge < -0.3 is 10.6 Å². The molecule has 0 fully saturated rings. The normalized spacial score (nSPS) is 13.1. The zero-order chi connectivity index (χ0) is 32.0. The minimum absolute atomic E-state index is 0.0307. The third-order valence-electron chi connectivity index (χ3n) is 8.15. The van der Waals surface area contributed by atoms with Crippen molar-refractivity contribution in [1.29, 1.82) is 0 Å². The van der Waals surface area contributed by atoms with Gasteiger partial charge in [-0.25, -0.2) is 0 Å². The van der Waals surface area contributed by atoms with E-state index in [0.717, 1.165) is 48.8 Å². The van der Waals surface area contributed by atoms with E-state index in [1.54, 1.807) is 18.8 Å². The summed E-state index contributed by atoms with van der Waals surface area (Å²) >= 11 is 1.61. The van der Waals surface area contributed by atoms with Crippen molar-refractivity contribution in [1.82, 2.24) is 10.6 Å². The highest BCUT2D eigenvalue weighted by Crippen LogP contribution is 2.48. The monoisotopic (exact) mass is 614 g/mol. The molecule has 0 saturated heterocycles. The van der Waals surface area contributed by atoms with Crippen LogP contribution in [-0.2, 0) is 19.1 Å². The van der Waals surface area contributed by atoms with Crippen LogP contribution in [0.3, 0.4) is 0 Å². The van der Waals surface area contributed by atoms with Gasteiger partial charge in [0, 0.05) is 19.4 Å². The van der Waals surface area contributed by atoms with Gasteiger partial charge in [0.15, 0.2) is 0 Å². The van der Waals surface area contributed by atoms with E-state index in [1.165, 1.54) is 0 Å². The standard InChI is InChI=1S/C38H50N2O3S/c1-6-7-8-9-13-20-29(35(42)40-34(36(43)39-5)37(2,3)4)27-33(41)28-44-38(30-21-14-10-15-22-30,31-23-16-11-17-24-31)32-25-18-12-19-26-32/h10-12,14-19,21-26,29,34H,6-9,13,20,27-28H2,1-5H3,(H,39,43)(H,40,42)/t29-,34-/m1/s1. The molecule has 0 aromatic heterocycles. The van der Waals surface area contributed by atoms with E-state index >= 15 is 0 Å². The van der Waals surface area contributed by atoms with E-state index in [0.29, 0.717) is 6.42 Å². The molecule has 2 amide bonds. The Bertz CT molecular complexity index is 1210. The molecule has 0 spiro atoms. The molecule has 5 nitrogen and oxygen atoms in total. The van der Waals surface area contributed by atoms with Crippen LogP contribution in [0.2, 0.25) is 0 Å². The van der Waals surface area contributed by atoms with Crippen LogP contribution in [-0.4, -0.2) is 36.4 Å². The molecule has 0 heterocycles. The molecule has 0 aliphatic carbocycles. The van der Waals surface area contributed by atoms with Crippen molar-refractivity contribution < 1.29 is 14.4 Å². The Balaban J connectivity index is 1.88. The predicted molar refractivity (Wildman–Crippen MR) is 184 cm³/mol. The Morgan fingerprint density at radius 3 is 1.61 bits per heavy atom. The molecule has 2 N–H and O–H groups in total. The third-order valence-corrected chi connectivity index (χ3v) is 9.76. The molecule has 3 rings (SSSR count). The van der Waals surface area contributed by atoms with Gasteiger partial charge in [-0.3, -0.25) is 14.4 Å². The average molecular weight is 615 g/mol. The summed E-state index contributed by atoms with van der Waals surface area (Å²) < 4.78 is -0.603. The third kappa shape index (κ3) is 9.56. The number of carbonyl (C=O) groups excluding carboxylic acids is 3. The number of benzene rings is 3. The molecule has 2 atom stereocenters. The lowest BCUT2D eigenvalue weighted by Gasteiger charge is -2.35. The van der Waals surface area contributed by atoms with Gasteiger partial charge in [0.2, 0.25) is 11.8 Å². The molecular formula is C38H50N2O3S. The van der Waals surface area contributed by atoms with Crippen molar-refractivity contribution in [3.05, 3.63) is 108 Å². The highest BCUT2D eigenvalue weighted by Gasteiger charge is 2.38. The van der Waals surface area contributed by atoms with Crippen LogP contribution in [0.15, 0.2) is 91.0 Å². The number of unbranched alkanes of at least 4 members (excludes halogenated alkanes) is 4. The summed E-state index contributed by atoms with van der Waals surface area (Å²) in [5.41, 5.74) is 2.82. The predicted octanol–water partition coefficient (Wildman–Crippen LogP) is 7.92. The molecule has 3 aromatic rings. The molecule has 0 aliphatic rings. The first-order chi connectivity index (χ1) is 21.1. The van der Waals surface area contributed by atoms with E-state index in [1.807, 2.05) is 75.4 Å². The van der Waals surface area contributed by atoms with Crippen LogP contribution in [0.5, 0.6) is 0 Å². The topological polar surface area (TPSA) is 75.3 Å². The number of Topliss-reactive ketones (excluding diaryl/α,β-unsaturated/α-hetero) is 1. The highest BCUT2D eigenvalue weighted by atomic mass is 32.2. The average Bonchev–Trinajstić information content (AvgIpc) is 3.03. The van der Waals surface area contributed by atoms with Crippen LogP contribution >= 0.6 is 11.8 Å². The van der Waals surface area contributed by atoms with E-state index in [9.17, 15) is 14.4 Å². The van der Waals surface area contributed by atoms with Gasteiger partial charge in [-0.1, -0.05) is 151 Å². The molecule has 6 heteroatoms. The van der Waals surface area contributed by atoms with Crippen molar-refractivity contribution in [2.24, 2.45) is 11.3 Å². The van der Waals surface area contributed by atoms with Crippen molar-refractivity contribution in [2.45, 2.75) is 83.4 Å². The Kier molecular flexibility index (Phi) is 13.7. The summed E-state index contributed by atoms with van der Waals surface area (Å²) in [5, 5.41) is 5.69. The Morgan fingerprint density at radius 1 is 0.705 bits per heavy atom. The van der Waals surface area contributed by atoms with Gasteiger partial charge in [-0.05, 0) is 28.5 Å². The van der Waals surface area contributed by atoms with Gasteiger partial charge in [0.1, 0.15) is 11.8 Å². The number of amides is 2. The van der Waals surface area contributed by atoms with Crippen molar-refractivity contribution in [2.75, 3.05) is 12.8 Å². The Labute approximate surface area is 269 Å². The van der Waals surface area contributed by atoms with E-state index in [2.05, 4.69) is 54.0 Å². The van der Waals surface area contributed by atoms with E-state index < -0.39 is 22.1 Å². The van der Waals surface area contributed by atoms with Crippen LogP contribution in [0.1, 0.15) is 89.3 Å². The first-order valence-electron chi connectivity index (χ1n) is 16.0. The number of nitrogens with one attached hydrogen (secondary N) is 2. The lowest BCUT2D eigenvalue weighted by Crippen LogP contribution is -2.54. The number of ketones is 1. The number of carbonyl (C=O) groups is 3. The summed E-state index contributed by atoms with van der Waals surface area (Å²) in [6.45, 7) is 7.99. The first kappa shape index (κ1) is 35.1. The van der Waals surface area contributed by atoms with Crippen molar-refractivity contribution in [3.8, 4) is 0 Å². The van der Waals surface area contributed by atoms with Gasteiger partial charge in [0.05, 0.1) is 10.5 Å². The second-order valence-corrected chi connectivity index (χ2v) is 13.8. The smallest absolute Gasteiger partial charge is 0.242 e. The fourth-order valence-corrected chi connectivity index (χ4v) is 7.09. The zero-order valence-electron chi connectivity index (χ0n) is 27.1. The largest absolute Gasteiger partial charge is 0.357 e. The van der Waals surface area contributed by atoms with Crippen molar-refractivity contribution >= 4 is 29.4 Å². The SMILES string of the molecule is CCCCCCC[C@H](CC(=O)CSC(c1ccccc1)(c1ccccc1)c1ccccc1)C(=O)N[C@H](C(=O)NC)C(C)(C)C. The number of hydrogen-bond acceptors (Lipinski definition) is 4. The van der Waals surface area contributed by atoms with Crippen LogP contribution < -0.4 is 10.6 Å². The summed E-state index contributed by atoms with van der Waals surface area (Å²) in [7, 11) is 1.58. The highest BCUT2D eigenvalue weighted by molar-refractivity contribution is 8.01. The molecule has 0 unspecified atom stereocenters. The van der Waals surface area contributed by atoms with E-state index in [-0.39, 0.29) is 29.8 Å². The fraction of sp³-hybridized carbons (Fsp3) is 0.447. The van der Waals surface area contributed by atoms with Crippen LogP contribution in [0.4, 0.5) is 0 Å². The molecule has 0 bridgehead atoms. The van der Waals surface area contributed by atoms with Gasteiger partial charge in [0.25, 0.3) is 0 Å². The lowest BCUT2D eigenvalue weighted by atomic mass is 9.84. The second-order valence-electron chi connectivity index (χ2n) is 12.6. The summed E-state index contributed by atoms with van der Waals surface area (Å²) in [6, 6.07) is 30.3. The number of rotatable bonds is 17. The first-order valence-corrected chi connectivity index (χ1v) is 17.0. The molecule has 236 valence electrons. The zero-order valence-corrected chi connectivity index (χ0v) is 27.9. The molecular weight excluding hydrogens is 564 g/mol. The summed E-state index contributed by atoms with van der Waals surface area (Å²) in [6.07, 6.45) is 6.09. The van der Waals surface area contributed by atoms with E-state index in [4.69, 9.17) is 0 Å².